The summed E-state index contributed by atoms with van der Waals surface area (Å²) >= 11 is 0. The summed E-state index contributed by atoms with van der Waals surface area (Å²) in [4.78, 5) is 4.03. The van der Waals surface area contributed by atoms with Crippen molar-refractivity contribution in [1.29, 1.82) is 0 Å². The van der Waals surface area contributed by atoms with Gasteiger partial charge in [0.1, 0.15) is 0 Å². The first-order valence-electron chi connectivity index (χ1n) is 5.27. The van der Waals surface area contributed by atoms with E-state index in [-0.39, 0.29) is 24.0 Å². The van der Waals surface area contributed by atoms with Crippen molar-refractivity contribution in [3.8, 4) is 0 Å². The second-order valence-corrected chi connectivity index (χ2v) is 5.65. The lowest BCUT2D eigenvalue weighted by Crippen LogP contribution is -2.41. The summed E-state index contributed by atoms with van der Waals surface area (Å²) in [5.74, 6) is 0.731. The fraction of sp³-hybridized carbons (Fsp3) is 0.889. The first-order valence-corrected chi connectivity index (χ1v) is 7.16. The Morgan fingerprint density at radius 2 is 1.88 bits per heavy atom. The normalized spacial score (nSPS) is 12.2. The molecule has 0 radical (unpaired) electrons. The Balaban J connectivity index is 0. The van der Waals surface area contributed by atoms with Crippen LogP contribution in [0.25, 0.3) is 0 Å². The number of rotatable bonds is 6. The highest BCUT2D eigenvalue weighted by Gasteiger charge is 2.00. The summed E-state index contributed by atoms with van der Waals surface area (Å²) in [6, 6.07) is 0.320. The highest BCUT2D eigenvalue weighted by molar-refractivity contribution is 14.0. The molecule has 0 atom stereocenters. The molecule has 0 saturated carbocycles. The molecule has 0 fully saturated rings. The van der Waals surface area contributed by atoms with E-state index in [1.54, 1.807) is 7.05 Å². The molecule has 0 aliphatic rings. The Morgan fingerprint density at radius 3 is 2.29 bits per heavy atom. The average molecular weight is 378 g/mol. The van der Waals surface area contributed by atoms with Crippen molar-refractivity contribution >= 4 is 40.0 Å². The quantitative estimate of drug-likeness (QED) is 0.265. The average Bonchev–Trinajstić information content (AvgIpc) is 2.13. The third-order valence-corrected chi connectivity index (χ3v) is 2.39. The lowest BCUT2D eigenvalue weighted by Gasteiger charge is -2.14. The predicted octanol–water partition coefficient (Wildman–Crippen LogP) is 0.117. The van der Waals surface area contributed by atoms with E-state index in [4.69, 9.17) is 0 Å². The van der Waals surface area contributed by atoms with Crippen LogP contribution < -0.4 is 15.4 Å². The molecule has 0 aromatic carbocycles. The van der Waals surface area contributed by atoms with Crippen LogP contribution in [-0.4, -0.2) is 46.8 Å². The molecule has 0 amide bonds. The standard InChI is InChI=1S/C9H22N4O2S.HI/c1-8(2)13-9(10-3)11-6-5-7-12-16(4,14)15;/h8,12H,5-7H2,1-4H3,(H2,10,11,13);1H. The Labute approximate surface area is 121 Å². The Bertz CT molecular complexity index is 317. The van der Waals surface area contributed by atoms with Crippen LogP contribution in [0, 0.1) is 0 Å². The van der Waals surface area contributed by atoms with Crippen molar-refractivity contribution in [2.24, 2.45) is 4.99 Å². The minimum atomic E-state index is -3.07. The van der Waals surface area contributed by atoms with Gasteiger partial charge in [-0.05, 0) is 20.3 Å². The molecule has 3 N–H and O–H groups in total. The summed E-state index contributed by atoms with van der Waals surface area (Å²) in [7, 11) is -1.37. The van der Waals surface area contributed by atoms with Crippen LogP contribution in [0.3, 0.4) is 0 Å². The summed E-state index contributed by atoms with van der Waals surface area (Å²) in [5, 5.41) is 6.23. The zero-order valence-electron chi connectivity index (χ0n) is 10.8. The molecule has 0 bridgehead atoms. The first-order chi connectivity index (χ1) is 7.35. The van der Waals surface area contributed by atoms with E-state index in [2.05, 4.69) is 20.3 Å². The Kier molecular flexibility index (Phi) is 11.2. The van der Waals surface area contributed by atoms with Crippen molar-refractivity contribution in [3.05, 3.63) is 0 Å². The molecule has 0 saturated heterocycles. The molecule has 0 aromatic rings. The third kappa shape index (κ3) is 13.8. The summed E-state index contributed by atoms with van der Waals surface area (Å²) in [6.45, 7) is 5.16. The molecular weight excluding hydrogens is 355 g/mol. The molecule has 6 nitrogen and oxygen atoms in total. The summed E-state index contributed by atoms with van der Waals surface area (Å²) in [6.07, 6.45) is 1.87. The van der Waals surface area contributed by atoms with Gasteiger partial charge in [0.2, 0.25) is 10.0 Å². The predicted molar refractivity (Wildman–Crippen MR) is 82.5 cm³/mol. The summed E-state index contributed by atoms with van der Waals surface area (Å²) in [5.41, 5.74) is 0. The number of hydrogen-bond acceptors (Lipinski definition) is 3. The molecule has 0 aliphatic carbocycles. The maximum Gasteiger partial charge on any atom is 0.208 e. The lowest BCUT2D eigenvalue weighted by molar-refractivity contribution is 0.584. The smallest absolute Gasteiger partial charge is 0.208 e. The number of sulfonamides is 1. The maximum absolute atomic E-state index is 10.8. The first kappa shape index (κ1) is 19.3. The molecule has 0 rings (SSSR count). The van der Waals surface area contributed by atoms with Crippen LogP contribution >= 0.6 is 24.0 Å². The van der Waals surface area contributed by atoms with E-state index in [0.29, 0.717) is 25.6 Å². The lowest BCUT2D eigenvalue weighted by atomic mass is 10.4. The second kappa shape index (κ2) is 9.89. The molecule has 0 heterocycles. The molecule has 8 heteroatoms. The topological polar surface area (TPSA) is 82.6 Å². The van der Waals surface area contributed by atoms with Crippen LogP contribution in [0.1, 0.15) is 20.3 Å². The number of nitrogens with zero attached hydrogens (tertiary/aromatic N) is 1. The maximum atomic E-state index is 10.8. The molecule has 0 aliphatic heterocycles. The van der Waals surface area contributed by atoms with E-state index < -0.39 is 10.0 Å². The molecule has 0 unspecified atom stereocenters. The number of aliphatic imine (C=N–C) groups is 1. The molecule has 104 valence electrons. The zero-order valence-corrected chi connectivity index (χ0v) is 13.9. The van der Waals surface area contributed by atoms with Gasteiger partial charge in [-0.3, -0.25) is 4.99 Å². The Hall–Kier alpha value is -0.0900. The SMILES string of the molecule is CN=C(NCCCNS(C)(=O)=O)NC(C)C.I. The minimum Gasteiger partial charge on any atom is -0.356 e. The monoisotopic (exact) mass is 378 g/mol. The largest absolute Gasteiger partial charge is 0.356 e. The van der Waals surface area contributed by atoms with Crippen LogP contribution in [0.2, 0.25) is 0 Å². The van der Waals surface area contributed by atoms with Crippen molar-refractivity contribution in [1.82, 2.24) is 15.4 Å². The number of hydrogen-bond donors (Lipinski definition) is 3. The highest BCUT2D eigenvalue weighted by atomic mass is 127. The number of halogens is 1. The molecule has 0 aromatic heterocycles. The second-order valence-electron chi connectivity index (χ2n) is 3.82. The van der Waals surface area contributed by atoms with Crippen molar-refractivity contribution < 1.29 is 8.42 Å². The van der Waals surface area contributed by atoms with Gasteiger partial charge in [0.05, 0.1) is 6.26 Å². The van der Waals surface area contributed by atoms with Crippen LogP contribution in [0.4, 0.5) is 0 Å². The van der Waals surface area contributed by atoms with Crippen molar-refractivity contribution in [3.63, 3.8) is 0 Å². The van der Waals surface area contributed by atoms with Crippen LogP contribution in [0.15, 0.2) is 4.99 Å². The van der Waals surface area contributed by atoms with Gasteiger partial charge in [0, 0.05) is 26.2 Å². The molecule has 0 spiro atoms. The van der Waals surface area contributed by atoms with Crippen molar-refractivity contribution in [2.45, 2.75) is 26.3 Å². The van der Waals surface area contributed by atoms with Gasteiger partial charge in [0.15, 0.2) is 5.96 Å². The fourth-order valence-corrected chi connectivity index (χ4v) is 1.54. The zero-order chi connectivity index (χ0) is 12.6. The van der Waals surface area contributed by atoms with Gasteiger partial charge in [-0.1, -0.05) is 0 Å². The molecular formula is C9H23IN4O2S. The van der Waals surface area contributed by atoms with Crippen molar-refractivity contribution in [2.75, 3.05) is 26.4 Å². The van der Waals surface area contributed by atoms with E-state index in [9.17, 15) is 8.42 Å². The van der Waals surface area contributed by atoms with Gasteiger partial charge < -0.3 is 10.6 Å². The minimum absolute atomic E-state index is 0. The van der Waals surface area contributed by atoms with Gasteiger partial charge in [-0.15, -0.1) is 24.0 Å². The van der Waals surface area contributed by atoms with Gasteiger partial charge in [-0.2, -0.15) is 0 Å². The third-order valence-electron chi connectivity index (χ3n) is 1.66. The summed E-state index contributed by atoms with van der Waals surface area (Å²) < 4.78 is 24.0. The number of nitrogens with one attached hydrogen (secondary N) is 3. The van der Waals surface area contributed by atoms with Gasteiger partial charge in [-0.25, -0.2) is 13.1 Å². The highest BCUT2D eigenvalue weighted by Crippen LogP contribution is 1.80. The van der Waals surface area contributed by atoms with E-state index >= 15 is 0 Å². The number of guanidine groups is 1. The Morgan fingerprint density at radius 1 is 1.29 bits per heavy atom. The van der Waals surface area contributed by atoms with E-state index in [1.807, 2.05) is 13.8 Å². The van der Waals surface area contributed by atoms with E-state index in [0.717, 1.165) is 12.2 Å². The molecule has 17 heavy (non-hydrogen) atoms. The fourth-order valence-electron chi connectivity index (χ4n) is 1.02. The van der Waals surface area contributed by atoms with Gasteiger partial charge >= 0.3 is 0 Å². The van der Waals surface area contributed by atoms with E-state index in [1.165, 1.54) is 0 Å². The van der Waals surface area contributed by atoms with Gasteiger partial charge in [0.25, 0.3) is 0 Å². The van der Waals surface area contributed by atoms with Crippen LogP contribution in [-0.2, 0) is 10.0 Å². The van der Waals surface area contributed by atoms with Crippen LogP contribution in [0.5, 0.6) is 0 Å².